The average Bonchev–Trinajstić information content (AvgIpc) is 2.68. The van der Waals surface area contributed by atoms with E-state index < -0.39 is 0 Å². The lowest BCUT2D eigenvalue weighted by molar-refractivity contribution is 0.346. The Morgan fingerprint density at radius 1 is 0.963 bits per heavy atom. The molecule has 3 rings (SSSR count). The minimum Gasteiger partial charge on any atom is -0.481 e. The van der Waals surface area contributed by atoms with E-state index in [4.69, 9.17) is 14.2 Å². The van der Waals surface area contributed by atoms with E-state index in [9.17, 15) is 4.39 Å². The lowest BCUT2D eigenvalue weighted by atomic mass is 10.1. The Bertz CT molecular complexity index is 912. The molecule has 7 heteroatoms. The van der Waals surface area contributed by atoms with Crippen molar-refractivity contribution in [1.82, 2.24) is 9.97 Å². The van der Waals surface area contributed by atoms with Gasteiger partial charge in [-0.1, -0.05) is 24.3 Å². The molecular weight excluding hydrogens is 349 g/mol. The number of nitrogens with one attached hydrogen (secondary N) is 1. The fourth-order valence-electron chi connectivity index (χ4n) is 2.50. The van der Waals surface area contributed by atoms with Crippen molar-refractivity contribution in [2.75, 3.05) is 19.5 Å². The number of hydrogen-bond acceptors (Lipinski definition) is 6. The quantitative estimate of drug-likeness (QED) is 0.668. The Kier molecular flexibility index (Phi) is 5.71. The van der Waals surface area contributed by atoms with Gasteiger partial charge in [-0.25, -0.2) is 4.39 Å². The standard InChI is InChI=1S/C20H20FN3O3/c1-13-7-4-5-9-16(13)22-12-14-15(21)8-6-10-17(14)27-20-23-18(25-2)11-19(24-20)26-3/h4-11,22H,12H2,1-3H3. The first-order valence-corrected chi connectivity index (χ1v) is 8.32. The molecule has 140 valence electrons. The number of aromatic nitrogens is 2. The average molecular weight is 369 g/mol. The van der Waals surface area contributed by atoms with Crippen LogP contribution in [0.3, 0.4) is 0 Å². The van der Waals surface area contributed by atoms with E-state index in [-0.39, 0.29) is 30.1 Å². The van der Waals surface area contributed by atoms with Crippen LogP contribution in [0.2, 0.25) is 0 Å². The van der Waals surface area contributed by atoms with E-state index in [2.05, 4.69) is 15.3 Å². The van der Waals surface area contributed by atoms with Crippen LogP contribution in [0, 0.1) is 12.7 Å². The SMILES string of the molecule is COc1cc(OC)nc(Oc2cccc(F)c2CNc2ccccc2C)n1. The summed E-state index contributed by atoms with van der Waals surface area (Å²) in [6.45, 7) is 2.23. The zero-order valence-corrected chi connectivity index (χ0v) is 15.3. The van der Waals surface area contributed by atoms with Gasteiger partial charge >= 0.3 is 6.01 Å². The van der Waals surface area contributed by atoms with Crippen molar-refractivity contribution < 1.29 is 18.6 Å². The van der Waals surface area contributed by atoms with E-state index >= 15 is 0 Å². The molecule has 1 aromatic heterocycles. The topological polar surface area (TPSA) is 65.5 Å². The van der Waals surface area contributed by atoms with Crippen LogP contribution in [0.1, 0.15) is 11.1 Å². The van der Waals surface area contributed by atoms with Crippen LogP contribution in [-0.4, -0.2) is 24.2 Å². The first-order valence-electron chi connectivity index (χ1n) is 8.32. The molecule has 2 aromatic carbocycles. The van der Waals surface area contributed by atoms with Gasteiger partial charge in [-0.3, -0.25) is 0 Å². The van der Waals surface area contributed by atoms with Crippen LogP contribution in [0.25, 0.3) is 0 Å². The second kappa shape index (κ2) is 8.35. The Balaban J connectivity index is 1.86. The summed E-state index contributed by atoms with van der Waals surface area (Å²) >= 11 is 0. The zero-order chi connectivity index (χ0) is 19.2. The molecular formula is C20H20FN3O3. The molecule has 0 radical (unpaired) electrons. The number of aryl methyl sites for hydroxylation is 1. The van der Waals surface area contributed by atoms with E-state index in [0.717, 1.165) is 11.3 Å². The molecule has 3 aromatic rings. The Morgan fingerprint density at radius 3 is 2.33 bits per heavy atom. The second-order valence-corrected chi connectivity index (χ2v) is 5.72. The molecule has 0 amide bonds. The van der Waals surface area contributed by atoms with Crippen molar-refractivity contribution in [3.05, 3.63) is 65.5 Å². The number of nitrogens with zero attached hydrogens (tertiary/aromatic N) is 2. The van der Waals surface area contributed by atoms with Crippen molar-refractivity contribution >= 4 is 5.69 Å². The summed E-state index contributed by atoms with van der Waals surface area (Å²) in [6.07, 6.45) is 0. The van der Waals surface area contributed by atoms with Crippen LogP contribution >= 0.6 is 0 Å². The number of anilines is 1. The van der Waals surface area contributed by atoms with Crippen molar-refractivity contribution in [3.8, 4) is 23.5 Å². The van der Waals surface area contributed by atoms with E-state index in [1.165, 1.54) is 26.4 Å². The van der Waals surface area contributed by atoms with Gasteiger partial charge in [-0.2, -0.15) is 9.97 Å². The summed E-state index contributed by atoms with van der Waals surface area (Å²) in [4.78, 5) is 8.24. The maximum atomic E-state index is 14.4. The molecule has 1 N–H and O–H groups in total. The largest absolute Gasteiger partial charge is 0.481 e. The number of para-hydroxylation sites is 1. The Morgan fingerprint density at radius 2 is 1.67 bits per heavy atom. The maximum absolute atomic E-state index is 14.4. The first-order chi connectivity index (χ1) is 13.1. The molecule has 0 spiro atoms. The highest BCUT2D eigenvalue weighted by atomic mass is 19.1. The maximum Gasteiger partial charge on any atom is 0.328 e. The van der Waals surface area contributed by atoms with Gasteiger partial charge in [-0.15, -0.1) is 0 Å². The van der Waals surface area contributed by atoms with Crippen LogP contribution in [0.5, 0.6) is 23.5 Å². The molecule has 0 saturated carbocycles. The summed E-state index contributed by atoms with van der Waals surface area (Å²) in [5.74, 6) is 0.496. The van der Waals surface area contributed by atoms with Crippen molar-refractivity contribution in [1.29, 1.82) is 0 Å². The highest BCUT2D eigenvalue weighted by Crippen LogP contribution is 2.29. The number of hydrogen-bond donors (Lipinski definition) is 1. The van der Waals surface area contributed by atoms with Crippen molar-refractivity contribution in [2.45, 2.75) is 13.5 Å². The van der Waals surface area contributed by atoms with Crippen LogP contribution in [0.15, 0.2) is 48.5 Å². The summed E-state index contributed by atoms with van der Waals surface area (Å²) in [5, 5.41) is 3.23. The summed E-state index contributed by atoms with van der Waals surface area (Å²) in [5.41, 5.74) is 2.36. The van der Waals surface area contributed by atoms with Gasteiger partial charge in [0.05, 0.1) is 20.3 Å². The molecule has 0 aliphatic rings. The number of benzene rings is 2. The normalized spacial score (nSPS) is 10.4. The number of methoxy groups -OCH3 is 2. The van der Waals surface area contributed by atoms with E-state index in [1.54, 1.807) is 12.1 Å². The predicted molar refractivity (Wildman–Crippen MR) is 100 cm³/mol. The lowest BCUT2D eigenvalue weighted by Gasteiger charge is -2.14. The fraction of sp³-hybridized carbons (Fsp3) is 0.200. The first kappa shape index (κ1) is 18.4. The highest BCUT2D eigenvalue weighted by Gasteiger charge is 2.14. The zero-order valence-electron chi connectivity index (χ0n) is 15.3. The molecule has 0 bridgehead atoms. The lowest BCUT2D eigenvalue weighted by Crippen LogP contribution is -2.06. The monoisotopic (exact) mass is 369 g/mol. The Labute approximate surface area is 157 Å². The fourth-order valence-corrected chi connectivity index (χ4v) is 2.50. The van der Waals surface area contributed by atoms with Gasteiger partial charge < -0.3 is 19.5 Å². The van der Waals surface area contributed by atoms with E-state index in [1.807, 2.05) is 31.2 Å². The van der Waals surface area contributed by atoms with Crippen LogP contribution in [0.4, 0.5) is 10.1 Å². The molecule has 0 atom stereocenters. The van der Waals surface area contributed by atoms with Gasteiger partial charge in [0.1, 0.15) is 11.6 Å². The molecule has 27 heavy (non-hydrogen) atoms. The molecule has 0 fully saturated rings. The molecule has 1 heterocycles. The number of rotatable bonds is 7. The minimum atomic E-state index is -0.386. The molecule has 0 aliphatic heterocycles. The molecule has 0 unspecified atom stereocenters. The molecule has 0 aliphatic carbocycles. The van der Waals surface area contributed by atoms with Gasteiger partial charge in [-0.05, 0) is 30.7 Å². The van der Waals surface area contributed by atoms with Gasteiger partial charge in [0.15, 0.2) is 0 Å². The highest BCUT2D eigenvalue weighted by molar-refractivity contribution is 5.51. The molecule has 6 nitrogen and oxygen atoms in total. The third-order valence-electron chi connectivity index (χ3n) is 3.95. The number of halogens is 1. The third kappa shape index (κ3) is 4.44. The minimum absolute atomic E-state index is 0.00828. The van der Waals surface area contributed by atoms with Crippen molar-refractivity contribution in [2.24, 2.45) is 0 Å². The smallest absolute Gasteiger partial charge is 0.328 e. The summed E-state index contributed by atoms with van der Waals surface area (Å²) in [7, 11) is 2.95. The number of ether oxygens (including phenoxy) is 3. The van der Waals surface area contributed by atoms with Gasteiger partial charge in [0.25, 0.3) is 0 Å². The van der Waals surface area contributed by atoms with Gasteiger partial charge in [0.2, 0.25) is 11.8 Å². The van der Waals surface area contributed by atoms with Crippen molar-refractivity contribution in [3.63, 3.8) is 0 Å². The van der Waals surface area contributed by atoms with Crippen LogP contribution in [-0.2, 0) is 6.54 Å². The Hall–Kier alpha value is -3.35. The predicted octanol–water partition coefficient (Wildman–Crippen LogP) is 4.35. The van der Waals surface area contributed by atoms with Gasteiger partial charge in [0, 0.05) is 17.8 Å². The third-order valence-corrected chi connectivity index (χ3v) is 3.95. The second-order valence-electron chi connectivity index (χ2n) is 5.72. The summed E-state index contributed by atoms with van der Waals surface area (Å²) < 4.78 is 30.4. The summed E-state index contributed by atoms with van der Waals surface area (Å²) in [6, 6.07) is 13.9. The van der Waals surface area contributed by atoms with E-state index in [0.29, 0.717) is 11.3 Å². The van der Waals surface area contributed by atoms with Crippen LogP contribution < -0.4 is 19.5 Å². The molecule has 0 saturated heterocycles.